The van der Waals surface area contributed by atoms with Crippen molar-refractivity contribution in [3.8, 4) is 0 Å². The van der Waals surface area contributed by atoms with Crippen LogP contribution in [0, 0.1) is 17.6 Å². The first-order valence-electron chi connectivity index (χ1n) is 15.0. The van der Waals surface area contributed by atoms with Gasteiger partial charge in [0, 0.05) is 26.5 Å². The summed E-state index contributed by atoms with van der Waals surface area (Å²) in [6.07, 6.45) is 2.43. The minimum Gasteiger partial charge on any atom is -0.468 e. The second-order valence-corrected chi connectivity index (χ2v) is 11.1. The number of hydrogen-bond acceptors (Lipinski definition) is 8. The smallest absolute Gasteiger partial charge is 0.352 e. The number of rotatable bonds is 12. The zero-order chi connectivity index (χ0) is 33.2. The number of aliphatic imine (C=N–C) groups is 1. The van der Waals surface area contributed by atoms with E-state index < -0.39 is 41.6 Å². The van der Waals surface area contributed by atoms with Crippen LogP contribution in [0.4, 0.5) is 24.1 Å². The fourth-order valence-corrected chi connectivity index (χ4v) is 5.88. The molecule has 1 saturated heterocycles. The molecule has 2 aromatic rings. The fraction of sp³-hybridized carbons (Fsp3) is 0.469. The van der Waals surface area contributed by atoms with Gasteiger partial charge in [-0.05, 0) is 80.2 Å². The van der Waals surface area contributed by atoms with Crippen LogP contribution in [-0.4, -0.2) is 100 Å². The molecular formula is C32H39F2N5O7. The van der Waals surface area contributed by atoms with Crippen molar-refractivity contribution in [1.29, 1.82) is 0 Å². The van der Waals surface area contributed by atoms with Crippen molar-refractivity contribution in [3.05, 3.63) is 65.2 Å². The number of nitrogens with zero attached hydrogens (tertiary/aromatic N) is 3. The lowest BCUT2D eigenvalue weighted by Gasteiger charge is -2.37. The highest BCUT2D eigenvalue weighted by molar-refractivity contribution is 6.12. The summed E-state index contributed by atoms with van der Waals surface area (Å²) in [6.45, 7) is 2.38. The zero-order valence-corrected chi connectivity index (χ0v) is 26.1. The predicted molar refractivity (Wildman–Crippen MR) is 165 cm³/mol. The Morgan fingerprint density at radius 3 is 2.41 bits per heavy atom. The molecule has 12 nitrogen and oxygen atoms in total. The molecule has 2 atom stereocenters. The van der Waals surface area contributed by atoms with E-state index in [0.29, 0.717) is 18.9 Å². The van der Waals surface area contributed by atoms with Crippen LogP contribution < -0.4 is 10.6 Å². The van der Waals surface area contributed by atoms with E-state index >= 15 is 0 Å². The molecular weight excluding hydrogens is 604 g/mol. The van der Waals surface area contributed by atoms with Crippen molar-refractivity contribution in [1.82, 2.24) is 15.1 Å². The maximum absolute atomic E-state index is 14.3. The van der Waals surface area contributed by atoms with Crippen molar-refractivity contribution in [3.63, 3.8) is 0 Å². The number of anilines is 1. The van der Waals surface area contributed by atoms with E-state index in [9.17, 15) is 28.0 Å². The third-order valence-electron chi connectivity index (χ3n) is 8.08. The molecule has 0 radical (unpaired) electrons. The van der Waals surface area contributed by atoms with Crippen molar-refractivity contribution >= 4 is 35.3 Å². The number of piperidine rings is 1. The number of likely N-dealkylation sites (tertiary alicyclic amines) is 1. The number of ether oxygens (including phenoxy) is 3. The van der Waals surface area contributed by atoms with Crippen molar-refractivity contribution in [2.24, 2.45) is 10.9 Å². The highest BCUT2D eigenvalue weighted by Crippen LogP contribution is 2.36. The molecule has 248 valence electrons. The lowest BCUT2D eigenvalue weighted by atomic mass is 9.86. The van der Waals surface area contributed by atoms with Gasteiger partial charge in [0.1, 0.15) is 12.5 Å². The van der Waals surface area contributed by atoms with Gasteiger partial charge in [-0.1, -0.05) is 18.2 Å². The van der Waals surface area contributed by atoms with E-state index in [1.165, 1.54) is 20.3 Å². The van der Waals surface area contributed by atoms with Gasteiger partial charge in [0.15, 0.2) is 11.6 Å². The average molecular weight is 644 g/mol. The first-order chi connectivity index (χ1) is 22.2. The van der Waals surface area contributed by atoms with Crippen molar-refractivity contribution < 1.29 is 42.2 Å². The number of methoxy groups -OCH3 is 3. The van der Waals surface area contributed by atoms with E-state index in [-0.39, 0.29) is 36.9 Å². The van der Waals surface area contributed by atoms with E-state index in [1.807, 2.05) is 18.2 Å². The number of urea groups is 2. The van der Waals surface area contributed by atoms with E-state index in [0.717, 1.165) is 61.3 Å². The maximum Gasteiger partial charge on any atom is 0.352 e. The largest absolute Gasteiger partial charge is 0.468 e. The second kappa shape index (κ2) is 16.3. The molecule has 14 heteroatoms. The van der Waals surface area contributed by atoms with Crippen LogP contribution in [-0.2, 0) is 23.8 Å². The Kier molecular flexibility index (Phi) is 12.3. The number of nitrogens with one attached hydrogen (secondary N) is 2. The molecule has 1 fully saturated rings. The number of hydrogen-bond donors (Lipinski definition) is 2. The Hall–Kier alpha value is -4.27. The van der Waals surface area contributed by atoms with Gasteiger partial charge in [-0.3, -0.25) is 9.59 Å². The maximum atomic E-state index is 14.3. The number of esters is 1. The second-order valence-electron chi connectivity index (χ2n) is 11.1. The van der Waals surface area contributed by atoms with Crippen LogP contribution in [0.25, 0.3) is 0 Å². The summed E-state index contributed by atoms with van der Waals surface area (Å²) in [4.78, 5) is 58.2. The number of imide groups is 1. The Morgan fingerprint density at radius 2 is 1.74 bits per heavy atom. The lowest BCUT2D eigenvalue weighted by molar-refractivity contribution is -0.144. The molecule has 1 unspecified atom stereocenters. The number of halogens is 2. The van der Waals surface area contributed by atoms with E-state index in [2.05, 4.69) is 26.6 Å². The fourth-order valence-electron chi connectivity index (χ4n) is 5.88. The molecule has 0 aromatic heterocycles. The van der Waals surface area contributed by atoms with Crippen LogP contribution in [0.2, 0.25) is 0 Å². The summed E-state index contributed by atoms with van der Waals surface area (Å²) in [5.41, 5.74) is 1.91. The quantitative estimate of drug-likeness (QED) is 0.263. The van der Waals surface area contributed by atoms with Gasteiger partial charge < -0.3 is 29.7 Å². The molecule has 0 spiro atoms. The molecule has 0 aliphatic carbocycles. The van der Waals surface area contributed by atoms with Crippen LogP contribution in [0.1, 0.15) is 42.3 Å². The van der Waals surface area contributed by atoms with Gasteiger partial charge in [-0.15, -0.1) is 0 Å². The first kappa shape index (κ1) is 34.6. The number of benzene rings is 2. The molecule has 2 heterocycles. The summed E-state index contributed by atoms with van der Waals surface area (Å²) < 4.78 is 43.0. The Bertz CT molecular complexity index is 1450. The summed E-state index contributed by atoms with van der Waals surface area (Å²) in [6, 6.07) is 7.60. The standard InChI is InChI=1S/C32H39F2N5O7/c1-44-18-26-28(30(41)46-3)29(22-8-9-24(33)25(34)17-22)39(32(43)37-26)31(42)35-12-5-13-38-14-10-20(11-15-38)21-6-4-7-23(16-21)36-27(40)19-45-2/h4,6-9,16-17,20,28-29H,5,10-15,18-19H2,1-3H3,(H,35,42)(H,36,40)/t28?,29-/m0/s1. The molecule has 4 rings (SSSR count). The monoisotopic (exact) mass is 643 g/mol. The third kappa shape index (κ3) is 8.50. The van der Waals surface area contributed by atoms with Crippen molar-refractivity contribution in [2.45, 2.75) is 31.2 Å². The third-order valence-corrected chi connectivity index (χ3v) is 8.08. The Morgan fingerprint density at radius 1 is 0.978 bits per heavy atom. The van der Waals surface area contributed by atoms with Crippen LogP contribution in [0.5, 0.6) is 0 Å². The molecule has 2 aliphatic rings. The normalized spacial score (nSPS) is 19.0. The van der Waals surface area contributed by atoms with Gasteiger partial charge >= 0.3 is 18.0 Å². The predicted octanol–water partition coefficient (Wildman–Crippen LogP) is 3.88. The summed E-state index contributed by atoms with van der Waals surface area (Å²) in [5, 5.41) is 5.55. The van der Waals surface area contributed by atoms with Gasteiger partial charge in [0.05, 0.1) is 25.5 Å². The molecule has 0 saturated carbocycles. The minimum absolute atomic E-state index is 0.00380. The molecule has 2 aliphatic heterocycles. The van der Waals surface area contributed by atoms with Gasteiger partial charge in [0.2, 0.25) is 5.91 Å². The number of carbonyl (C=O) groups is 4. The highest BCUT2D eigenvalue weighted by Gasteiger charge is 2.47. The Labute approximate surface area is 266 Å². The van der Waals surface area contributed by atoms with Gasteiger partial charge in [-0.25, -0.2) is 23.3 Å². The molecule has 2 N–H and O–H groups in total. The molecule has 5 amide bonds. The first-order valence-corrected chi connectivity index (χ1v) is 15.0. The number of amides is 5. The zero-order valence-electron chi connectivity index (χ0n) is 26.1. The lowest BCUT2D eigenvalue weighted by Crippen LogP contribution is -2.54. The SMILES string of the molecule is COCC(=O)Nc1cccc(C2CCN(CCCNC(=O)N3C(=O)N=C(COC)C(C(=O)OC)[C@@H]3c3ccc(F)c(F)c3)CC2)c1. The van der Waals surface area contributed by atoms with Crippen LogP contribution in [0.3, 0.4) is 0 Å². The van der Waals surface area contributed by atoms with Crippen molar-refractivity contribution in [2.75, 3.05) is 66.0 Å². The van der Waals surface area contributed by atoms with Crippen LogP contribution >= 0.6 is 0 Å². The average Bonchev–Trinajstić information content (AvgIpc) is 3.04. The van der Waals surface area contributed by atoms with Crippen LogP contribution in [0.15, 0.2) is 47.5 Å². The highest BCUT2D eigenvalue weighted by atomic mass is 19.2. The van der Waals surface area contributed by atoms with Gasteiger partial charge in [-0.2, -0.15) is 4.99 Å². The Balaban J connectivity index is 1.35. The summed E-state index contributed by atoms with van der Waals surface area (Å²) >= 11 is 0. The summed E-state index contributed by atoms with van der Waals surface area (Å²) in [5.74, 6) is -4.29. The summed E-state index contributed by atoms with van der Waals surface area (Å²) in [7, 11) is 3.96. The number of carbonyl (C=O) groups excluding carboxylic acids is 4. The van der Waals surface area contributed by atoms with Gasteiger partial charge in [0.25, 0.3) is 0 Å². The molecule has 2 aromatic carbocycles. The van der Waals surface area contributed by atoms with E-state index in [1.54, 1.807) is 0 Å². The van der Waals surface area contributed by atoms with E-state index in [4.69, 9.17) is 14.2 Å². The molecule has 0 bridgehead atoms. The molecule has 46 heavy (non-hydrogen) atoms. The minimum atomic E-state index is -1.34. The topological polar surface area (TPSA) is 139 Å².